The first-order valence-electron chi connectivity index (χ1n) is 1.98. The standard InChI is InChI=1S/C4H8Cl2Si/c1-4(2)7(3,5)6/h1H2,2-3H3. The molecule has 0 heterocycles. The van der Waals surface area contributed by atoms with E-state index in [1.165, 1.54) is 0 Å². The van der Waals surface area contributed by atoms with E-state index in [2.05, 4.69) is 6.58 Å². The van der Waals surface area contributed by atoms with Crippen molar-refractivity contribution in [3.63, 3.8) is 0 Å². The van der Waals surface area contributed by atoms with Crippen molar-refractivity contribution in [3.05, 3.63) is 11.8 Å². The molecule has 3 heteroatoms. The van der Waals surface area contributed by atoms with Crippen molar-refractivity contribution in [1.82, 2.24) is 0 Å². The summed E-state index contributed by atoms with van der Waals surface area (Å²) in [5, 5.41) is 0.913. The fraction of sp³-hybridized carbons (Fsp3) is 0.500. The number of rotatable bonds is 1. The predicted octanol–water partition coefficient (Wildman–Crippen LogP) is 2.65. The predicted molar refractivity (Wildman–Crippen MR) is 38.1 cm³/mol. The molecule has 0 aliphatic rings. The van der Waals surface area contributed by atoms with Gasteiger partial charge in [-0.15, -0.1) is 28.7 Å². The van der Waals surface area contributed by atoms with E-state index in [9.17, 15) is 0 Å². The molecule has 0 aliphatic heterocycles. The molecule has 42 valence electrons. The van der Waals surface area contributed by atoms with Crippen LogP contribution in [0, 0.1) is 0 Å². The van der Waals surface area contributed by atoms with Crippen LogP contribution in [0.4, 0.5) is 0 Å². The molecule has 0 amide bonds. The summed E-state index contributed by atoms with van der Waals surface area (Å²) in [5.41, 5.74) is 0. The Bertz CT molecular complexity index is 82.2. The molecule has 0 fully saturated rings. The lowest BCUT2D eigenvalue weighted by atomic mass is 10.8. The maximum atomic E-state index is 5.67. The molecule has 0 unspecified atom stereocenters. The molecule has 0 nitrogen and oxygen atoms in total. The minimum absolute atomic E-state index is 0.913. The highest BCUT2D eigenvalue weighted by Crippen LogP contribution is 2.21. The van der Waals surface area contributed by atoms with Gasteiger partial charge in [-0.1, -0.05) is 5.20 Å². The molecule has 0 atom stereocenters. The van der Waals surface area contributed by atoms with E-state index in [0.29, 0.717) is 0 Å². The van der Waals surface area contributed by atoms with Gasteiger partial charge in [-0.25, -0.2) is 0 Å². The number of allylic oxidation sites excluding steroid dienone is 1. The fourth-order valence-electron chi connectivity index (χ4n) is 0. The highest BCUT2D eigenvalue weighted by molar-refractivity contribution is 7.47. The minimum atomic E-state index is -1.98. The van der Waals surface area contributed by atoms with Crippen LogP contribution in [0.3, 0.4) is 0 Å². The largest absolute Gasteiger partial charge is 0.273 e. The van der Waals surface area contributed by atoms with Crippen molar-refractivity contribution >= 4 is 28.9 Å². The average molecular weight is 155 g/mol. The normalized spacial score (nSPS) is 11.4. The van der Waals surface area contributed by atoms with E-state index >= 15 is 0 Å². The van der Waals surface area contributed by atoms with Crippen LogP contribution in [0.15, 0.2) is 11.8 Å². The quantitative estimate of drug-likeness (QED) is 0.403. The summed E-state index contributed by atoms with van der Waals surface area (Å²) in [6, 6.07) is 0. The van der Waals surface area contributed by atoms with E-state index < -0.39 is 6.69 Å². The number of hydrogen-bond acceptors (Lipinski definition) is 0. The van der Waals surface area contributed by atoms with Crippen molar-refractivity contribution in [2.75, 3.05) is 0 Å². The lowest BCUT2D eigenvalue weighted by Crippen LogP contribution is -2.13. The zero-order valence-corrected chi connectivity index (χ0v) is 6.97. The average Bonchev–Trinajstić information content (AvgIpc) is 1.31. The van der Waals surface area contributed by atoms with Gasteiger partial charge in [0.1, 0.15) is 0 Å². The molecule has 0 aromatic heterocycles. The van der Waals surface area contributed by atoms with Crippen molar-refractivity contribution in [1.29, 1.82) is 0 Å². The van der Waals surface area contributed by atoms with Gasteiger partial charge in [0.25, 0.3) is 6.69 Å². The Morgan fingerprint density at radius 1 is 1.57 bits per heavy atom. The van der Waals surface area contributed by atoms with Gasteiger partial charge in [0.2, 0.25) is 0 Å². The van der Waals surface area contributed by atoms with Crippen LogP contribution in [0.5, 0.6) is 0 Å². The molecule has 0 aliphatic carbocycles. The molecular weight excluding hydrogens is 147 g/mol. The summed E-state index contributed by atoms with van der Waals surface area (Å²) < 4.78 is 0. The third-order valence-corrected chi connectivity index (χ3v) is 4.18. The van der Waals surface area contributed by atoms with Gasteiger partial charge in [-0.2, -0.15) is 0 Å². The molecule has 7 heavy (non-hydrogen) atoms. The SMILES string of the molecule is C=C(C)[Si](C)(Cl)Cl. The second-order valence-corrected chi connectivity index (χ2v) is 9.41. The molecule has 0 aromatic rings. The van der Waals surface area contributed by atoms with Gasteiger partial charge >= 0.3 is 0 Å². The molecule has 0 N–H and O–H groups in total. The van der Waals surface area contributed by atoms with Gasteiger partial charge in [0.05, 0.1) is 0 Å². The monoisotopic (exact) mass is 154 g/mol. The van der Waals surface area contributed by atoms with E-state index in [0.717, 1.165) is 5.20 Å². The Morgan fingerprint density at radius 3 is 1.71 bits per heavy atom. The highest BCUT2D eigenvalue weighted by atomic mass is 35.7. The second-order valence-electron chi connectivity index (χ2n) is 1.67. The van der Waals surface area contributed by atoms with E-state index in [1.54, 1.807) is 0 Å². The third-order valence-electron chi connectivity index (χ3n) is 0.749. The van der Waals surface area contributed by atoms with Gasteiger partial charge < -0.3 is 0 Å². The maximum Gasteiger partial charge on any atom is 0.273 e. The summed E-state index contributed by atoms with van der Waals surface area (Å²) in [6.07, 6.45) is 0. The van der Waals surface area contributed by atoms with Crippen molar-refractivity contribution in [3.8, 4) is 0 Å². The van der Waals surface area contributed by atoms with Crippen molar-refractivity contribution in [2.45, 2.75) is 13.5 Å². The summed E-state index contributed by atoms with van der Waals surface area (Å²) in [7, 11) is 0. The Balaban J connectivity index is 3.79. The van der Waals surface area contributed by atoms with Crippen LogP contribution in [0.1, 0.15) is 6.92 Å². The number of halogens is 2. The lowest BCUT2D eigenvalue weighted by molar-refractivity contribution is 1.67. The molecule has 0 bridgehead atoms. The zero-order valence-electron chi connectivity index (χ0n) is 4.46. The van der Waals surface area contributed by atoms with E-state index in [-0.39, 0.29) is 0 Å². The zero-order chi connectivity index (χ0) is 6.08. The summed E-state index contributed by atoms with van der Waals surface area (Å²) in [6.45, 7) is 5.32. The Morgan fingerprint density at radius 2 is 1.71 bits per heavy atom. The van der Waals surface area contributed by atoms with Crippen molar-refractivity contribution < 1.29 is 0 Å². The molecule has 0 saturated carbocycles. The molecule has 0 saturated heterocycles. The fourth-order valence-corrected chi connectivity index (χ4v) is 0. The van der Waals surface area contributed by atoms with Gasteiger partial charge in [0, 0.05) is 0 Å². The molecule has 0 aromatic carbocycles. The first-order chi connectivity index (χ1) is 2.94. The molecule has 0 radical (unpaired) electrons. The Labute approximate surface area is 54.5 Å². The van der Waals surface area contributed by atoms with E-state index in [4.69, 9.17) is 22.2 Å². The minimum Gasteiger partial charge on any atom is -0.140 e. The highest BCUT2D eigenvalue weighted by Gasteiger charge is 2.20. The first kappa shape index (κ1) is 7.54. The van der Waals surface area contributed by atoms with Gasteiger partial charge in [0.15, 0.2) is 0 Å². The third kappa shape index (κ3) is 3.15. The number of hydrogen-bond donors (Lipinski definition) is 0. The van der Waals surface area contributed by atoms with Crippen LogP contribution >= 0.6 is 22.2 Å². The van der Waals surface area contributed by atoms with Crippen LogP contribution in [-0.4, -0.2) is 6.69 Å². The van der Waals surface area contributed by atoms with Gasteiger partial charge in [-0.05, 0) is 13.5 Å². The molecular formula is C4H8Cl2Si. The van der Waals surface area contributed by atoms with Crippen LogP contribution in [0.25, 0.3) is 0 Å². The topological polar surface area (TPSA) is 0 Å². The summed E-state index contributed by atoms with van der Waals surface area (Å²) in [5.74, 6) is 0. The molecule has 0 rings (SSSR count). The first-order valence-corrected chi connectivity index (χ1v) is 6.51. The summed E-state index contributed by atoms with van der Waals surface area (Å²) >= 11 is 11.3. The van der Waals surface area contributed by atoms with E-state index in [1.807, 2.05) is 13.5 Å². The Kier molecular flexibility index (Phi) is 2.37. The lowest BCUT2D eigenvalue weighted by Gasteiger charge is -2.06. The van der Waals surface area contributed by atoms with Crippen LogP contribution < -0.4 is 0 Å². The second kappa shape index (κ2) is 2.20. The smallest absolute Gasteiger partial charge is 0.140 e. The van der Waals surface area contributed by atoms with Crippen molar-refractivity contribution in [2.24, 2.45) is 0 Å². The molecule has 0 spiro atoms. The van der Waals surface area contributed by atoms with Crippen LogP contribution in [-0.2, 0) is 0 Å². The maximum absolute atomic E-state index is 5.67. The Hall–Kier alpha value is 0.537. The van der Waals surface area contributed by atoms with Gasteiger partial charge in [-0.3, -0.25) is 0 Å². The van der Waals surface area contributed by atoms with Crippen LogP contribution in [0.2, 0.25) is 6.55 Å². The summed E-state index contributed by atoms with van der Waals surface area (Å²) in [4.78, 5) is 0.